The summed E-state index contributed by atoms with van der Waals surface area (Å²) >= 11 is 6.91. The van der Waals surface area contributed by atoms with Crippen molar-refractivity contribution >= 4 is 38.1 Å². The molecule has 0 radical (unpaired) electrons. The lowest BCUT2D eigenvalue weighted by Crippen LogP contribution is -2.32. The lowest BCUT2D eigenvalue weighted by molar-refractivity contribution is 0.566. The van der Waals surface area contributed by atoms with Gasteiger partial charge in [-0.25, -0.2) is 13.1 Å². The van der Waals surface area contributed by atoms with Gasteiger partial charge in [0.2, 0.25) is 10.0 Å². The Hall–Kier alpha value is -4.42. The first-order chi connectivity index (χ1) is 21.4. The van der Waals surface area contributed by atoms with Gasteiger partial charge in [-0.05, 0) is 60.4 Å². The highest BCUT2D eigenvalue weighted by Crippen LogP contribution is 2.51. The molecule has 0 fully saturated rings. The van der Waals surface area contributed by atoms with Gasteiger partial charge in [0, 0.05) is 28.1 Å². The van der Waals surface area contributed by atoms with Gasteiger partial charge in [-0.1, -0.05) is 126 Å². The third-order valence-corrected chi connectivity index (χ3v) is 10.3. The topological polar surface area (TPSA) is 51.1 Å². The first-order valence-electron chi connectivity index (χ1n) is 14.7. The minimum absolute atomic E-state index is 0.247. The van der Waals surface area contributed by atoms with Crippen LogP contribution in [0.15, 0.2) is 144 Å². The van der Waals surface area contributed by atoms with Gasteiger partial charge >= 0.3 is 0 Å². The Kier molecular flexibility index (Phi) is 7.25. The molecule has 0 aliphatic carbocycles. The SMILES string of the molecule is Cc1ccc(S(=O)(=O)NCCc2c3n(c4ccccc24)C(c2ccccc2)(c2ccccc2)C=C3c2ccccc2Cl)cc1. The van der Waals surface area contributed by atoms with Gasteiger partial charge in [-0.2, -0.15) is 0 Å². The van der Waals surface area contributed by atoms with E-state index in [9.17, 15) is 8.42 Å². The Morgan fingerprint density at radius 3 is 1.98 bits per heavy atom. The molecule has 1 aromatic heterocycles. The summed E-state index contributed by atoms with van der Waals surface area (Å²) in [7, 11) is -3.67. The Labute approximate surface area is 263 Å². The Bertz CT molecular complexity index is 2080. The lowest BCUT2D eigenvalue weighted by Gasteiger charge is -2.33. The molecule has 0 saturated carbocycles. The van der Waals surface area contributed by atoms with Crippen LogP contribution in [0.3, 0.4) is 0 Å². The number of hydrogen-bond acceptors (Lipinski definition) is 2. The van der Waals surface area contributed by atoms with E-state index in [4.69, 9.17) is 11.6 Å². The number of allylic oxidation sites excluding steroid dienone is 1. The van der Waals surface area contributed by atoms with E-state index in [2.05, 4.69) is 88.2 Å². The normalized spacial score (nSPS) is 14.0. The molecule has 2 heterocycles. The third-order valence-electron chi connectivity index (χ3n) is 8.53. The highest BCUT2D eigenvalue weighted by Gasteiger charge is 2.44. The Morgan fingerprint density at radius 1 is 0.727 bits per heavy atom. The number of benzene rings is 5. The standard InChI is InChI=1S/C38H31ClN2O2S/c1-27-20-22-30(23-21-27)44(42,43)40-25-24-33-32-17-9-11-19-36(32)41-37(33)34(31-16-8-10-18-35(31)39)26-38(41,28-12-4-2-5-13-28)29-14-6-3-7-15-29/h2-23,26,40H,24-25H2,1H3. The van der Waals surface area contributed by atoms with Crippen LogP contribution < -0.4 is 4.72 Å². The molecule has 1 aliphatic heterocycles. The number of nitrogens with zero attached hydrogens (tertiary/aromatic N) is 1. The Balaban J connectivity index is 1.45. The molecular formula is C38H31ClN2O2S. The molecule has 218 valence electrons. The average Bonchev–Trinajstić information content (AvgIpc) is 3.57. The highest BCUT2D eigenvalue weighted by atomic mass is 35.5. The maximum Gasteiger partial charge on any atom is 0.240 e. The highest BCUT2D eigenvalue weighted by molar-refractivity contribution is 7.89. The molecule has 0 bridgehead atoms. The second-order valence-electron chi connectivity index (χ2n) is 11.2. The van der Waals surface area contributed by atoms with E-state index >= 15 is 0 Å². The number of para-hydroxylation sites is 1. The fraction of sp³-hybridized carbons (Fsp3) is 0.105. The predicted octanol–water partition coefficient (Wildman–Crippen LogP) is 8.36. The van der Waals surface area contributed by atoms with E-state index < -0.39 is 15.6 Å². The quantitative estimate of drug-likeness (QED) is 0.187. The molecule has 0 saturated heterocycles. The first kappa shape index (κ1) is 28.4. The molecular weight excluding hydrogens is 584 g/mol. The van der Waals surface area contributed by atoms with Crippen LogP contribution in [0.4, 0.5) is 0 Å². The van der Waals surface area contributed by atoms with Crippen LogP contribution in [-0.2, 0) is 22.0 Å². The second-order valence-corrected chi connectivity index (χ2v) is 13.4. The number of fused-ring (bicyclic) bond motifs is 3. The number of rotatable bonds is 8. The van der Waals surface area contributed by atoms with Crippen LogP contribution in [0.2, 0.25) is 5.02 Å². The van der Waals surface area contributed by atoms with Crippen molar-refractivity contribution in [3.63, 3.8) is 0 Å². The fourth-order valence-electron chi connectivity index (χ4n) is 6.52. The number of aryl methyl sites for hydroxylation is 1. The molecule has 5 aromatic carbocycles. The van der Waals surface area contributed by atoms with Crippen LogP contribution in [0.1, 0.15) is 33.5 Å². The average molecular weight is 615 g/mol. The molecule has 6 aromatic rings. The minimum atomic E-state index is -3.67. The molecule has 0 amide bonds. The maximum absolute atomic E-state index is 13.2. The molecule has 1 aliphatic rings. The number of halogens is 1. The molecule has 44 heavy (non-hydrogen) atoms. The van der Waals surface area contributed by atoms with E-state index in [0.29, 0.717) is 11.4 Å². The molecule has 0 atom stereocenters. The summed E-state index contributed by atoms with van der Waals surface area (Å²) in [5, 5.41) is 1.75. The van der Waals surface area contributed by atoms with Crippen molar-refractivity contribution in [2.24, 2.45) is 0 Å². The van der Waals surface area contributed by atoms with Gasteiger partial charge in [0.25, 0.3) is 0 Å². The zero-order valence-corrected chi connectivity index (χ0v) is 25.8. The van der Waals surface area contributed by atoms with E-state index in [1.807, 2.05) is 55.5 Å². The van der Waals surface area contributed by atoms with Crippen LogP contribution >= 0.6 is 11.6 Å². The molecule has 6 heteroatoms. The minimum Gasteiger partial charge on any atom is -0.322 e. The van der Waals surface area contributed by atoms with E-state index in [1.54, 1.807) is 12.1 Å². The van der Waals surface area contributed by atoms with Gasteiger partial charge in [0.15, 0.2) is 0 Å². The third kappa shape index (κ3) is 4.69. The number of sulfonamides is 1. The molecule has 0 unspecified atom stereocenters. The molecule has 1 N–H and O–H groups in total. The summed E-state index contributed by atoms with van der Waals surface area (Å²) in [6.45, 7) is 2.19. The second kappa shape index (κ2) is 11.3. The zero-order chi connectivity index (χ0) is 30.3. The van der Waals surface area contributed by atoms with E-state index in [1.165, 1.54) is 0 Å². The summed E-state index contributed by atoms with van der Waals surface area (Å²) in [5.74, 6) is 0. The van der Waals surface area contributed by atoms with Gasteiger partial charge in [-0.3, -0.25) is 0 Å². The van der Waals surface area contributed by atoms with Crippen LogP contribution in [0, 0.1) is 6.92 Å². The summed E-state index contributed by atoms with van der Waals surface area (Å²) in [6.07, 6.45) is 2.83. The van der Waals surface area contributed by atoms with Crippen molar-refractivity contribution < 1.29 is 8.42 Å². The van der Waals surface area contributed by atoms with Crippen molar-refractivity contribution in [2.75, 3.05) is 6.54 Å². The first-order valence-corrected chi connectivity index (χ1v) is 16.5. The van der Waals surface area contributed by atoms with Crippen molar-refractivity contribution in [3.05, 3.63) is 178 Å². The smallest absolute Gasteiger partial charge is 0.240 e. The van der Waals surface area contributed by atoms with Gasteiger partial charge in [0.05, 0.1) is 16.1 Å². The van der Waals surface area contributed by atoms with Crippen molar-refractivity contribution in [1.29, 1.82) is 0 Å². The molecule has 7 rings (SSSR count). The van der Waals surface area contributed by atoms with Crippen LogP contribution in [-0.4, -0.2) is 19.5 Å². The molecule has 0 spiro atoms. The van der Waals surface area contributed by atoms with Crippen molar-refractivity contribution in [2.45, 2.75) is 23.8 Å². The number of hydrogen-bond donors (Lipinski definition) is 1. The largest absolute Gasteiger partial charge is 0.322 e. The zero-order valence-electron chi connectivity index (χ0n) is 24.2. The van der Waals surface area contributed by atoms with Gasteiger partial charge in [0.1, 0.15) is 5.54 Å². The number of aromatic nitrogens is 1. The van der Waals surface area contributed by atoms with Crippen molar-refractivity contribution in [1.82, 2.24) is 9.29 Å². The molecule has 4 nitrogen and oxygen atoms in total. The Morgan fingerprint density at radius 2 is 1.32 bits per heavy atom. The lowest BCUT2D eigenvalue weighted by atomic mass is 9.82. The van der Waals surface area contributed by atoms with E-state index in [-0.39, 0.29) is 11.4 Å². The summed E-state index contributed by atoms with van der Waals surface area (Å²) in [5.41, 5.74) is 7.76. The number of nitrogens with one attached hydrogen (secondary N) is 1. The van der Waals surface area contributed by atoms with E-state index in [0.717, 1.165) is 50.0 Å². The fourth-order valence-corrected chi connectivity index (χ4v) is 7.79. The van der Waals surface area contributed by atoms with Gasteiger partial charge in [-0.15, -0.1) is 0 Å². The summed E-state index contributed by atoms with van der Waals surface area (Å²) in [6, 6.07) is 44.3. The predicted molar refractivity (Wildman–Crippen MR) is 180 cm³/mol. The van der Waals surface area contributed by atoms with Crippen LogP contribution in [0.25, 0.3) is 16.5 Å². The van der Waals surface area contributed by atoms with Crippen molar-refractivity contribution in [3.8, 4) is 0 Å². The summed E-state index contributed by atoms with van der Waals surface area (Å²) in [4.78, 5) is 0.263. The summed E-state index contributed by atoms with van der Waals surface area (Å²) < 4.78 is 31.7. The van der Waals surface area contributed by atoms with Crippen LogP contribution in [0.5, 0.6) is 0 Å². The maximum atomic E-state index is 13.2. The van der Waals surface area contributed by atoms with Gasteiger partial charge < -0.3 is 4.57 Å². The monoisotopic (exact) mass is 614 g/mol.